The van der Waals surface area contributed by atoms with Crippen LogP contribution < -0.4 is 19.5 Å². The normalized spacial score (nSPS) is 10.7. The molecule has 4 aromatic rings. The highest BCUT2D eigenvalue weighted by Gasteiger charge is 2.15. The molecule has 0 bridgehead atoms. The highest BCUT2D eigenvalue weighted by Crippen LogP contribution is 2.40. The molecule has 2 aromatic carbocycles. The minimum atomic E-state index is 0.0497. The van der Waals surface area contributed by atoms with E-state index in [0.29, 0.717) is 35.3 Å². The third-order valence-electron chi connectivity index (χ3n) is 5.39. The molecule has 0 atom stereocenters. The van der Waals surface area contributed by atoms with Gasteiger partial charge in [0.25, 0.3) is 0 Å². The van der Waals surface area contributed by atoms with Gasteiger partial charge in [-0.2, -0.15) is 4.98 Å². The van der Waals surface area contributed by atoms with E-state index in [0.717, 1.165) is 22.3 Å². The lowest BCUT2D eigenvalue weighted by Crippen LogP contribution is -2.23. The minimum absolute atomic E-state index is 0.0497. The van der Waals surface area contributed by atoms with Crippen LogP contribution in [0.25, 0.3) is 16.7 Å². The van der Waals surface area contributed by atoms with Gasteiger partial charge in [0.1, 0.15) is 5.65 Å². The number of anilines is 2. The molecule has 2 aromatic heterocycles. The maximum Gasteiger partial charge on any atom is 0.229 e. The number of carbonyl (C=O) groups excluding carboxylic acids is 1. The molecule has 0 fully saturated rings. The maximum atomic E-state index is 12.1. The minimum Gasteiger partial charge on any atom is -0.493 e. The quantitative estimate of drug-likeness (QED) is 0.427. The molecule has 0 saturated heterocycles. The lowest BCUT2D eigenvalue weighted by Gasteiger charge is -2.14. The number of benzene rings is 2. The Kier molecular flexibility index (Phi) is 6.53. The van der Waals surface area contributed by atoms with Crippen molar-refractivity contribution in [3.05, 3.63) is 60.4 Å². The van der Waals surface area contributed by atoms with Crippen LogP contribution in [0.1, 0.15) is 5.56 Å². The number of amides is 1. The van der Waals surface area contributed by atoms with Crippen LogP contribution in [-0.2, 0) is 11.2 Å². The number of aromatic nitrogens is 3. The fourth-order valence-corrected chi connectivity index (χ4v) is 3.62. The summed E-state index contributed by atoms with van der Waals surface area (Å²) in [5, 5.41) is 4.11. The van der Waals surface area contributed by atoms with Crippen molar-refractivity contribution in [3.63, 3.8) is 0 Å². The van der Waals surface area contributed by atoms with Gasteiger partial charge in [0, 0.05) is 55.4 Å². The van der Waals surface area contributed by atoms with Crippen LogP contribution in [0.4, 0.5) is 11.6 Å². The molecule has 34 heavy (non-hydrogen) atoms. The third-order valence-corrected chi connectivity index (χ3v) is 5.39. The van der Waals surface area contributed by atoms with Crippen LogP contribution in [0.5, 0.6) is 17.2 Å². The summed E-state index contributed by atoms with van der Waals surface area (Å²) >= 11 is 0. The summed E-state index contributed by atoms with van der Waals surface area (Å²) in [6.45, 7) is 0. The zero-order valence-corrected chi connectivity index (χ0v) is 19.8. The number of nitrogens with zero attached hydrogens (tertiary/aromatic N) is 4. The van der Waals surface area contributed by atoms with Crippen molar-refractivity contribution in [2.24, 2.45) is 0 Å². The van der Waals surface area contributed by atoms with E-state index in [4.69, 9.17) is 19.2 Å². The number of carbonyl (C=O) groups is 1. The van der Waals surface area contributed by atoms with Gasteiger partial charge in [-0.05, 0) is 23.8 Å². The van der Waals surface area contributed by atoms with Crippen molar-refractivity contribution in [3.8, 4) is 22.9 Å². The Morgan fingerprint density at radius 3 is 2.41 bits per heavy atom. The summed E-state index contributed by atoms with van der Waals surface area (Å²) in [6.07, 6.45) is 4.04. The van der Waals surface area contributed by atoms with Crippen molar-refractivity contribution in [1.29, 1.82) is 0 Å². The molecule has 0 unspecified atom stereocenters. The van der Waals surface area contributed by atoms with Crippen LogP contribution in [0.15, 0.2) is 54.9 Å². The fraction of sp³-hybridized carbons (Fsp3) is 0.240. The zero-order valence-electron chi connectivity index (χ0n) is 19.8. The van der Waals surface area contributed by atoms with Crippen LogP contribution in [-0.4, -0.2) is 60.8 Å². The van der Waals surface area contributed by atoms with Crippen LogP contribution >= 0.6 is 0 Å². The number of ether oxygens (including phenoxy) is 3. The van der Waals surface area contributed by atoms with Gasteiger partial charge in [0.05, 0.1) is 27.8 Å². The Hall–Kier alpha value is -4.27. The van der Waals surface area contributed by atoms with Crippen LogP contribution in [0, 0.1) is 0 Å². The van der Waals surface area contributed by atoms with Crippen LogP contribution in [0.3, 0.4) is 0 Å². The fourth-order valence-electron chi connectivity index (χ4n) is 3.62. The first-order valence-electron chi connectivity index (χ1n) is 10.6. The van der Waals surface area contributed by atoms with E-state index >= 15 is 0 Å². The van der Waals surface area contributed by atoms with Crippen molar-refractivity contribution in [2.45, 2.75) is 6.42 Å². The zero-order chi connectivity index (χ0) is 24.2. The first kappa shape index (κ1) is 22.9. The number of hydrogen-bond acceptors (Lipinski definition) is 7. The topological polar surface area (TPSA) is 90.7 Å². The molecule has 9 nitrogen and oxygen atoms in total. The van der Waals surface area contributed by atoms with Crippen molar-refractivity contribution in [1.82, 2.24) is 19.4 Å². The number of rotatable bonds is 8. The Labute approximate surface area is 197 Å². The van der Waals surface area contributed by atoms with Gasteiger partial charge in [-0.15, -0.1) is 0 Å². The molecule has 0 radical (unpaired) electrons. The molecule has 0 spiro atoms. The van der Waals surface area contributed by atoms with Gasteiger partial charge in [-0.25, -0.2) is 4.98 Å². The van der Waals surface area contributed by atoms with Gasteiger partial charge in [0.2, 0.25) is 17.6 Å². The first-order valence-corrected chi connectivity index (χ1v) is 10.6. The summed E-state index contributed by atoms with van der Waals surface area (Å²) in [4.78, 5) is 22.9. The Morgan fingerprint density at radius 1 is 1.03 bits per heavy atom. The van der Waals surface area contributed by atoms with Crippen LogP contribution in [0.2, 0.25) is 0 Å². The maximum absolute atomic E-state index is 12.1. The Bertz CT molecular complexity index is 1310. The molecule has 0 aliphatic heterocycles. The molecule has 1 amide bonds. The molecular weight excluding hydrogens is 434 g/mol. The number of methoxy groups -OCH3 is 3. The average Bonchev–Trinajstić information content (AvgIpc) is 3.26. The summed E-state index contributed by atoms with van der Waals surface area (Å²) in [5.74, 6) is 2.03. The average molecular weight is 462 g/mol. The van der Waals surface area contributed by atoms with E-state index in [1.165, 1.54) is 0 Å². The van der Waals surface area contributed by atoms with Crippen molar-refractivity contribution >= 4 is 28.6 Å². The Morgan fingerprint density at radius 2 is 1.76 bits per heavy atom. The summed E-state index contributed by atoms with van der Waals surface area (Å²) in [7, 11) is 8.20. The smallest absolute Gasteiger partial charge is 0.229 e. The predicted molar refractivity (Wildman–Crippen MR) is 131 cm³/mol. The lowest BCUT2D eigenvalue weighted by molar-refractivity contribution is -0.127. The molecule has 2 heterocycles. The molecule has 0 aliphatic carbocycles. The van der Waals surface area contributed by atoms with Gasteiger partial charge >= 0.3 is 0 Å². The molecule has 176 valence electrons. The standard InChI is InChI=1S/C25H27N5O4/c1-29(2)22(31)12-16-7-6-8-19(11-16)30-10-9-17-15-26-25(28-24(17)30)27-18-13-20(32-3)23(34-5)21(14-18)33-4/h6-11,13-15H,12H2,1-5H3,(H,26,27,28). The molecular formula is C25H27N5O4. The number of fused-ring (bicyclic) bond motifs is 1. The van der Waals surface area contributed by atoms with Gasteiger partial charge in [-0.1, -0.05) is 12.1 Å². The number of likely N-dealkylation sites (N-methyl/N-ethyl adjacent to an activating group) is 1. The predicted octanol–water partition coefficient (Wildman–Crippen LogP) is 3.82. The van der Waals surface area contributed by atoms with E-state index in [2.05, 4.69) is 10.3 Å². The van der Waals surface area contributed by atoms with Crippen molar-refractivity contribution < 1.29 is 19.0 Å². The molecule has 9 heteroatoms. The van der Waals surface area contributed by atoms with E-state index in [-0.39, 0.29) is 5.91 Å². The monoisotopic (exact) mass is 461 g/mol. The SMILES string of the molecule is COc1cc(Nc2ncc3ccn(-c4cccc(CC(=O)N(C)C)c4)c3n2)cc(OC)c1OC. The second-order valence-corrected chi connectivity index (χ2v) is 7.83. The van der Waals surface area contributed by atoms with Crippen molar-refractivity contribution in [2.75, 3.05) is 40.7 Å². The van der Waals surface area contributed by atoms with E-state index in [1.54, 1.807) is 58.7 Å². The molecule has 0 saturated carbocycles. The van der Waals surface area contributed by atoms with E-state index in [9.17, 15) is 4.79 Å². The highest BCUT2D eigenvalue weighted by molar-refractivity contribution is 5.80. The third kappa shape index (κ3) is 4.59. The largest absolute Gasteiger partial charge is 0.493 e. The highest BCUT2D eigenvalue weighted by atomic mass is 16.5. The molecule has 1 N–H and O–H groups in total. The molecule has 4 rings (SSSR count). The van der Waals surface area contributed by atoms with Gasteiger partial charge < -0.3 is 29.0 Å². The van der Waals surface area contributed by atoms with E-state index in [1.807, 2.05) is 41.1 Å². The first-order chi connectivity index (χ1) is 16.4. The summed E-state index contributed by atoms with van der Waals surface area (Å²) < 4.78 is 18.2. The van der Waals surface area contributed by atoms with E-state index < -0.39 is 0 Å². The van der Waals surface area contributed by atoms with Gasteiger partial charge in [0.15, 0.2) is 11.5 Å². The van der Waals surface area contributed by atoms with Gasteiger partial charge in [-0.3, -0.25) is 4.79 Å². The Balaban J connectivity index is 1.67. The molecule has 0 aliphatic rings. The second kappa shape index (κ2) is 9.70. The number of hydrogen-bond donors (Lipinski definition) is 1. The summed E-state index contributed by atoms with van der Waals surface area (Å²) in [6, 6.07) is 13.4. The second-order valence-electron chi connectivity index (χ2n) is 7.83. The lowest BCUT2D eigenvalue weighted by atomic mass is 10.1. The number of nitrogens with one attached hydrogen (secondary N) is 1. The summed E-state index contributed by atoms with van der Waals surface area (Å²) in [5.41, 5.74) is 3.27.